The lowest BCUT2D eigenvalue weighted by molar-refractivity contribution is 0.166. The van der Waals surface area contributed by atoms with Gasteiger partial charge in [0.25, 0.3) is 0 Å². The van der Waals surface area contributed by atoms with Crippen molar-refractivity contribution >= 4 is 6.09 Å². The fourth-order valence-electron chi connectivity index (χ4n) is 2.40. The van der Waals surface area contributed by atoms with E-state index >= 15 is 0 Å². The van der Waals surface area contributed by atoms with Crippen LogP contribution >= 0.6 is 0 Å². The van der Waals surface area contributed by atoms with Crippen LogP contribution in [0.4, 0.5) is 4.79 Å². The van der Waals surface area contributed by atoms with Crippen molar-refractivity contribution in [1.29, 1.82) is 0 Å². The summed E-state index contributed by atoms with van der Waals surface area (Å²) < 4.78 is 10.8. The van der Waals surface area contributed by atoms with Gasteiger partial charge in [-0.05, 0) is 24.1 Å². The summed E-state index contributed by atoms with van der Waals surface area (Å²) in [5.41, 5.74) is 1.03. The highest BCUT2D eigenvalue weighted by Gasteiger charge is 2.32. The SMILES string of the molecule is C=CN1C(=O)OC[C@H]1c1ccc(OCCCCCC)cc1. The molecule has 1 aliphatic heterocycles. The average Bonchev–Trinajstić information content (AvgIpc) is 2.88. The molecule has 1 aliphatic rings. The summed E-state index contributed by atoms with van der Waals surface area (Å²) in [7, 11) is 0. The minimum Gasteiger partial charge on any atom is -0.494 e. The van der Waals surface area contributed by atoms with Gasteiger partial charge in [0.1, 0.15) is 12.4 Å². The van der Waals surface area contributed by atoms with E-state index in [9.17, 15) is 4.79 Å². The Hall–Kier alpha value is -1.97. The quantitative estimate of drug-likeness (QED) is 0.670. The van der Waals surface area contributed by atoms with Crippen molar-refractivity contribution in [2.75, 3.05) is 13.2 Å². The molecule has 1 aromatic rings. The zero-order valence-electron chi connectivity index (χ0n) is 12.6. The molecule has 2 rings (SSSR count). The van der Waals surface area contributed by atoms with Crippen LogP contribution in [0.15, 0.2) is 37.0 Å². The first-order chi connectivity index (χ1) is 10.3. The van der Waals surface area contributed by atoms with Crippen molar-refractivity contribution in [3.63, 3.8) is 0 Å². The average molecular weight is 289 g/mol. The monoisotopic (exact) mass is 289 g/mol. The van der Waals surface area contributed by atoms with Gasteiger partial charge in [0, 0.05) is 6.20 Å². The molecule has 114 valence electrons. The van der Waals surface area contributed by atoms with Crippen molar-refractivity contribution in [2.24, 2.45) is 0 Å². The first-order valence-electron chi connectivity index (χ1n) is 7.56. The predicted octanol–water partition coefficient (Wildman–Crippen LogP) is 4.28. The van der Waals surface area contributed by atoms with Crippen LogP contribution in [0.5, 0.6) is 5.75 Å². The molecule has 4 nitrogen and oxygen atoms in total. The van der Waals surface area contributed by atoms with Crippen LogP contribution in [-0.2, 0) is 4.74 Å². The largest absolute Gasteiger partial charge is 0.494 e. The molecular weight excluding hydrogens is 266 g/mol. The van der Waals surface area contributed by atoms with E-state index in [1.54, 1.807) is 0 Å². The number of benzene rings is 1. The van der Waals surface area contributed by atoms with Crippen molar-refractivity contribution in [2.45, 2.75) is 38.6 Å². The van der Waals surface area contributed by atoms with Gasteiger partial charge in [-0.15, -0.1) is 0 Å². The zero-order chi connectivity index (χ0) is 15.1. The molecule has 1 fully saturated rings. The molecule has 0 aromatic heterocycles. The van der Waals surface area contributed by atoms with E-state index in [2.05, 4.69) is 13.5 Å². The van der Waals surface area contributed by atoms with Crippen LogP contribution in [0, 0.1) is 0 Å². The molecule has 0 saturated carbocycles. The maximum atomic E-state index is 11.5. The Balaban J connectivity index is 1.87. The number of carbonyl (C=O) groups is 1. The fraction of sp³-hybridized carbons (Fsp3) is 0.471. The molecule has 1 atom stereocenters. The smallest absolute Gasteiger partial charge is 0.414 e. The van der Waals surface area contributed by atoms with Gasteiger partial charge in [-0.2, -0.15) is 0 Å². The molecular formula is C17H23NO3. The number of unbranched alkanes of at least 4 members (excludes halogenated alkanes) is 3. The molecule has 0 spiro atoms. The molecule has 0 bridgehead atoms. The molecule has 4 heteroatoms. The van der Waals surface area contributed by atoms with Crippen molar-refractivity contribution in [1.82, 2.24) is 4.90 Å². The first-order valence-corrected chi connectivity index (χ1v) is 7.56. The van der Waals surface area contributed by atoms with Gasteiger partial charge < -0.3 is 9.47 Å². The van der Waals surface area contributed by atoms with Gasteiger partial charge in [-0.3, -0.25) is 4.90 Å². The van der Waals surface area contributed by atoms with E-state index in [4.69, 9.17) is 9.47 Å². The second kappa shape index (κ2) is 7.72. The lowest BCUT2D eigenvalue weighted by Crippen LogP contribution is -2.21. The standard InChI is InChI=1S/C17H23NO3/c1-3-5-6-7-12-20-15-10-8-14(9-11-15)16-13-21-17(19)18(16)4-2/h4,8-11,16H,2-3,5-7,12-13H2,1H3/t16-/m0/s1. The Bertz CT molecular complexity index is 469. The van der Waals surface area contributed by atoms with Gasteiger partial charge >= 0.3 is 6.09 Å². The van der Waals surface area contributed by atoms with Gasteiger partial charge in [-0.25, -0.2) is 4.79 Å². The summed E-state index contributed by atoms with van der Waals surface area (Å²) in [6, 6.07) is 7.75. The van der Waals surface area contributed by atoms with Gasteiger partial charge in [0.2, 0.25) is 0 Å². The second-order valence-corrected chi connectivity index (χ2v) is 5.16. The third-order valence-electron chi connectivity index (χ3n) is 3.64. The number of amides is 1. The Morgan fingerprint density at radius 3 is 2.76 bits per heavy atom. The summed E-state index contributed by atoms with van der Waals surface area (Å²) in [6.45, 7) is 6.97. The predicted molar refractivity (Wildman–Crippen MR) is 82.2 cm³/mol. The number of carbonyl (C=O) groups excluding carboxylic acids is 1. The van der Waals surface area contributed by atoms with E-state index in [1.165, 1.54) is 30.4 Å². The maximum Gasteiger partial charge on any atom is 0.414 e. The second-order valence-electron chi connectivity index (χ2n) is 5.16. The molecule has 1 aromatic carbocycles. The highest BCUT2D eigenvalue weighted by Crippen LogP contribution is 2.28. The Morgan fingerprint density at radius 2 is 2.10 bits per heavy atom. The van der Waals surface area contributed by atoms with Crippen LogP contribution < -0.4 is 4.74 Å². The molecule has 1 amide bonds. The highest BCUT2D eigenvalue weighted by molar-refractivity contribution is 5.71. The van der Waals surface area contributed by atoms with Crippen LogP contribution in [0.2, 0.25) is 0 Å². The van der Waals surface area contributed by atoms with Gasteiger partial charge in [0.05, 0.1) is 12.6 Å². The fourth-order valence-corrected chi connectivity index (χ4v) is 2.40. The molecule has 0 radical (unpaired) electrons. The van der Waals surface area contributed by atoms with Crippen LogP contribution in [0.3, 0.4) is 0 Å². The lowest BCUT2D eigenvalue weighted by Gasteiger charge is -2.17. The minimum atomic E-state index is -0.341. The Kier molecular flexibility index (Phi) is 5.67. The third kappa shape index (κ3) is 4.00. The van der Waals surface area contributed by atoms with E-state index in [0.29, 0.717) is 6.61 Å². The molecule has 0 unspecified atom stereocenters. The van der Waals surface area contributed by atoms with Crippen LogP contribution in [0.25, 0.3) is 0 Å². The molecule has 21 heavy (non-hydrogen) atoms. The number of rotatable bonds is 8. The van der Waals surface area contributed by atoms with E-state index in [0.717, 1.165) is 24.3 Å². The number of nitrogens with zero attached hydrogens (tertiary/aromatic N) is 1. The van der Waals surface area contributed by atoms with E-state index in [-0.39, 0.29) is 12.1 Å². The minimum absolute atomic E-state index is 0.0893. The Morgan fingerprint density at radius 1 is 1.33 bits per heavy atom. The number of hydrogen-bond donors (Lipinski definition) is 0. The topological polar surface area (TPSA) is 38.8 Å². The van der Waals surface area contributed by atoms with Crippen LogP contribution in [0.1, 0.15) is 44.2 Å². The molecule has 1 heterocycles. The molecule has 0 aliphatic carbocycles. The summed E-state index contributed by atoms with van der Waals surface area (Å²) >= 11 is 0. The number of cyclic esters (lactones) is 1. The van der Waals surface area contributed by atoms with E-state index < -0.39 is 0 Å². The third-order valence-corrected chi connectivity index (χ3v) is 3.64. The summed E-state index contributed by atoms with van der Waals surface area (Å²) in [6.07, 6.45) is 5.96. The highest BCUT2D eigenvalue weighted by atomic mass is 16.6. The van der Waals surface area contributed by atoms with E-state index in [1.807, 2.05) is 24.3 Å². The Labute approximate surface area is 126 Å². The van der Waals surface area contributed by atoms with Gasteiger partial charge in [-0.1, -0.05) is 44.9 Å². The zero-order valence-corrected chi connectivity index (χ0v) is 12.6. The number of hydrogen-bond acceptors (Lipinski definition) is 3. The van der Waals surface area contributed by atoms with Crippen molar-refractivity contribution in [3.8, 4) is 5.75 Å². The van der Waals surface area contributed by atoms with Crippen LogP contribution in [-0.4, -0.2) is 24.2 Å². The van der Waals surface area contributed by atoms with Gasteiger partial charge in [0.15, 0.2) is 0 Å². The van der Waals surface area contributed by atoms with Crippen molar-refractivity contribution in [3.05, 3.63) is 42.6 Å². The van der Waals surface area contributed by atoms with Crippen molar-refractivity contribution < 1.29 is 14.3 Å². The summed E-state index contributed by atoms with van der Waals surface area (Å²) in [5.74, 6) is 0.866. The maximum absolute atomic E-state index is 11.5. The first kappa shape index (κ1) is 15.4. The lowest BCUT2D eigenvalue weighted by atomic mass is 10.1. The normalized spacial score (nSPS) is 17.7. The molecule has 1 saturated heterocycles. The summed E-state index contributed by atoms with van der Waals surface area (Å²) in [5, 5.41) is 0. The number of ether oxygens (including phenoxy) is 2. The molecule has 0 N–H and O–H groups in total. The summed E-state index contributed by atoms with van der Waals surface area (Å²) in [4.78, 5) is 13.0.